The van der Waals surface area contributed by atoms with Crippen molar-refractivity contribution < 1.29 is 4.79 Å². The van der Waals surface area contributed by atoms with Crippen molar-refractivity contribution >= 4 is 12.0 Å². The van der Waals surface area contributed by atoms with Gasteiger partial charge >= 0.3 is 0 Å². The zero-order valence-electron chi connectivity index (χ0n) is 18.8. The second-order valence-corrected chi connectivity index (χ2v) is 10.2. The molecule has 1 aliphatic heterocycles. The maximum absolute atomic E-state index is 13.0. The van der Waals surface area contributed by atoms with E-state index < -0.39 is 0 Å². The zero-order chi connectivity index (χ0) is 21.5. The average Bonchev–Trinajstić information content (AvgIpc) is 3.38. The topological polar surface area (TPSA) is 32.3 Å². The smallest absolute Gasteiger partial charge is 0.226 e. The number of rotatable bonds is 4. The average molecular weight is 415 g/mol. The van der Waals surface area contributed by atoms with E-state index in [1.54, 1.807) is 0 Å². The number of benzene rings is 2. The van der Waals surface area contributed by atoms with Gasteiger partial charge < -0.3 is 5.32 Å². The minimum Gasteiger partial charge on any atom is -0.352 e. The Morgan fingerprint density at radius 3 is 2.68 bits per heavy atom. The number of hydrogen-bond acceptors (Lipinski definition) is 2. The van der Waals surface area contributed by atoms with Crippen LogP contribution in [0.3, 0.4) is 0 Å². The number of fused-ring (bicyclic) bond motifs is 2. The molecule has 0 radical (unpaired) electrons. The summed E-state index contributed by atoms with van der Waals surface area (Å²) in [6, 6.07) is 19.6. The van der Waals surface area contributed by atoms with Gasteiger partial charge in [-0.15, -0.1) is 0 Å². The molecule has 2 aromatic rings. The molecular weight excluding hydrogens is 380 g/mol. The number of likely N-dealkylation sites (tertiary alicyclic amines) is 1. The van der Waals surface area contributed by atoms with Crippen LogP contribution < -0.4 is 5.32 Å². The van der Waals surface area contributed by atoms with Crippen LogP contribution >= 0.6 is 0 Å². The second-order valence-electron chi connectivity index (χ2n) is 10.2. The van der Waals surface area contributed by atoms with Gasteiger partial charge in [-0.1, -0.05) is 80.6 Å². The van der Waals surface area contributed by atoms with Gasteiger partial charge in [-0.05, 0) is 54.8 Å². The molecule has 1 heterocycles. The highest BCUT2D eigenvalue weighted by Crippen LogP contribution is 2.49. The number of piperidine rings is 1. The molecule has 3 nitrogen and oxygen atoms in total. The fourth-order valence-corrected chi connectivity index (χ4v) is 6.27. The minimum absolute atomic E-state index is 0.196. The number of nitrogens with zero attached hydrogens (tertiary/aromatic N) is 1. The van der Waals surface area contributed by atoms with Crippen molar-refractivity contribution in [2.45, 2.75) is 57.5 Å². The number of allylic oxidation sites excluding steroid dienone is 1. The van der Waals surface area contributed by atoms with E-state index in [-0.39, 0.29) is 16.7 Å². The van der Waals surface area contributed by atoms with Crippen LogP contribution in [-0.4, -0.2) is 29.9 Å². The summed E-state index contributed by atoms with van der Waals surface area (Å²) in [5.74, 6) is 0.799. The molecule has 5 rings (SSSR count). The van der Waals surface area contributed by atoms with Crippen molar-refractivity contribution in [1.82, 2.24) is 10.2 Å². The van der Waals surface area contributed by atoms with E-state index in [1.165, 1.54) is 17.5 Å². The number of nitrogens with one attached hydrogen (secondary N) is 1. The first-order valence-electron chi connectivity index (χ1n) is 11.9. The van der Waals surface area contributed by atoms with E-state index in [9.17, 15) is 4.79 Å². The summed E-state index contributed by atoms with van der Waals surface area (Å²) in [6.07, 6.45) is 9.05. The lowest BCUT2D eigenvalue weighted by molar-refractivity contribution is -0.130. The summed E-state index contributed by atoms with van der Waals surface area (Å²) in [6.45, 7) is 7.44. The highest BCUT2D eigenvalue weighted by molar-refractivity contribution is 5.82. The molecule has 2 fully saturated rings. The summed E-state index contributed by atoms with van der Waals surface area (Å²) in [7, 11) is 0. The monoisotopic (exact) mass is 414 g/mol. The highest BCUT2D eigenvalue weighted by atomic mass is 16.2. The molecule has 2 unspecified atom stereocenters. The third-order valence-corrected chi connectivity index (χ3v) is 8.30. The van der Waals surface area contributed by atoms with Crippen molar-refractivity contribution in [3.8, 4) is 0 Å². The van der Waals surface area contributed by atoms with Crippen LogP contribution in [0.15, 0.2) is 60.7 Å². The molecule has 0 aromatic heterocycles. The Hall–Kier alpha value is -2.39. The van der Waals surface area contributed by atoms with Gasteiger partial charge in [0.2, 0.25) is 5.91 Å². The molecule has 1 N–H and O–H groups in total. The third-order valence-electron chi connectivity index (χ3n) is 8.30. The molecule has 1 saturated carbocycles. The zero-order valence-corrected chi connectivity index (χ0v) is 18.8. The van der Waals surface area contributed by atoms with E-state index in [2.05, 4.69) is 72.6 Å². The summed E-state index contributed by atoms with van der Waals surface area (Å²) in [5, 5.41) is 3.20. The molecule has 3 aliphatic rings. The molecule has 162 valence electrons. The van der Waals surface area contributed by atoms with Crippen molar-refractivity contribution in [2.75, 3.05) is 13.1 Å². The Bertz CT molecular complexity index is 984. The SMILES string of the molecule is C[C@H]1CN(C2CCC(C)(C(=O)NCc3ccccc3)C2)CC[C@@]12C=Cc1ccccc12. The lowest BCUT2D eigenvalue weighted by Crippen LogP contribution is -2.50. The second kappa shape index (κ2) is 7.94. The molecule has 0 bridgehead atoms. The molecule has 3 heteroatoms. The largest absolute Gasteiger partial charge is 0.352 e. The van der Waals surface area contributed by atoms with Crippen LogP contribution in [0.2, 0.25) is 0 Å². The van der Waals surface area contributed by atoms with E-state index in [0.29, 0.717) is 18.5 Å². The first kappa shape index (κ1) is 20.5. The maximum Gasteiger partial charge on any atom is 0.226 e. The van der Waals surface area contributed by atoms with Crippen LogP contribution in [0.4, 0.5) is 0 Å². The number of hydrogen-bond donors (Lipinski definition) is 1. The van der Waals surface area contributed by atoms with E-state index in [1.807, 2.05) is 18.2 Å². The normalized spacial score (nSPS) is 32.3. The number of carbonyl (C=O) groups is 1. The molecular formula is C28H34N2O. The van der Waals surface area contributed by atoms with E-state index in [4.69, 9.17) is 0 Å². The molecule has 1 amide bonds. The van der Waals surface area contributed by atoms with Crippen LogP contribution in [-0.2, 0) is 16.8 Å². The van der Waals surface area contributed by atoms with Gasteiger partial charge in [0, 0.05) is 30.0 Å². The van der Waals surface area contributed by atoms with E-state index >= 15 is 0 Å². The summed E-state index contributed by atoms with van der Waals surface area (Å²) in [5.41, 5.74) is 4.01. The minimum atomic E-state index is -0.252. The van der Waals surface area contributed by atoms with Gasteiger partial charge in [0.1, 0.15) is 0 Å². The highest BCUT2D eigenvalue weighted by Gasteiger charge is 2.48. The lowest BCUT2D eigenvalue weighted by atomic mass is 9.68. The standard InChI is InChI=1S/C28H34N2O/c1-21-20-30(17-16-28(21)15-12-23-10-6-7-11-25(23)28)24-13-14-27(2,18-24)26(31)29-19-22-8-4-3-5-9-22/h3-12,15,21,24H,13-14,16-20H2,1-2H3,(H,29,31)/t21-,24?,27?,28-/m0/s1. The first-order chi connectivity index (χ1) is 15.0. The van der Waals surface area contributed by atoms with E-state index in [0.717, 1.165) is 37.9 Å². The van der Waals surface area contributed by atoms with Crippen molar-refractivity contribution in [3.63, 3.8) is 0 Å². The molecule has 4 atom stereocenters. The van der Waals surface area contributed by atoms with Crippen LogP contribution in [0.25, 0.3) is 6.08 Å². The van der Waals surface area contributed by atoms with Gasteiger partial charge in [-0.2, -0.15) is 0 Å². The van der Waals surface area contributed by atoms with Crippen molar-refractivity contribution in [1.29, 1.82) is 0 Å². The summed E-state index contributed by atoms with van der Waals surface area (Å²) < 4.78 is 0. The Kier molecular flexibility index (Phi) is 5.26. The number of carbonyl (C=O) groups excluding carboxylic acids is 1. The number of amides is 1. The quantitative estimate of drug-likeness (QED) is 0.749. The van der Waals surface area contributed by atoms with Gasteiger partial charge in [0.25, 0.3) is 0 Å². The predicted molar refractivity (Wildman–Crippen MR) is 127 cm³/mol. The Morgan fingerprint density at radius 1 is 1.10 bits per heavy atom. The fourth-order valence-electron chi connectivity index (χ4n) is 6.27. The van der Waals surface area contributed by atoms with Gasteiger partial charge in [-0.25, -0.2) is 0 Å². The predicted octanol–water partition coefficient (Wildman–Crippen LogP) is 5.17. The van der Waals surface area contributed by atoms with Crippen LogP contribution in [0.1, 0.15) is 56.2 Å². The summed E-state index contributed by atoms with van der Waals surface area (Å²) >= 11 is 0. The molecule has 31 heavy (non-hydrogen) atoms. The summed E-state index contributed by atoms with van der Waals surface area (Å²) in [4.78, 5) is 15.7. The molecule has 2 aliphatic carbocycles. The van der Waals surface area contributed by atoms with Gasteiger partial charge in [-0.3, -0.25) is 9.69 Å². The lowest BCUT2D eigenvalue weighted by Gasteiger charge is -2.46. The molecule has 2 aromatic carbocycles. The van der Waals surface area contributed by atoms with Crippen molar-refractivity contribution in [2.24, 2.45) is 11.3 Å². The fraction of sp³-hybridized carbons (Fsp3) is 0.464. The Morgan fingerprint density at radius 2 is 1.87 bits per heavy atom. The van der Waals surface area contributed by atoms with Crippen molar-refractivity contribution in [3.05, 3.63) is 77.4 Å². The van der Waals surface area contributed by atoms with Crippen LogP contribution in [0, 0.1) is 11.3 Å². The molecule has 1 saturated heterocycles. The van der Waals surface area contributed by atoms with Gasteiger partial charge in [0.15, 0.2) is 0 Å². The third kappa shape index (κ3) is 3.63. The van der Waals surface area contributed by atoms with Gasteiger partial charge in [0.05, 0.1) is 0 Å². The maximum atomic E-state index is 13.0. The Labute approximate surface area is 186 Å². The first-order valence-corrected chi connectivity index (χ1v) is 11.9. The van der Waals surface area contributed by atoms with Crippen LogP contribution in [0.5, 0.6) is 0 Å². The molecule has 1 spiro atoms. The Balaban J connectivity index is 1.21.